The third kappa shape index (κ3) is 3.64. The predicted octanol–water partition coefficient (Wildman–Crippen LogP) is 3.58. The summed E-state index contributed by atoms with van der Waals surface area (Å²) in [5, 5.41) is 9.85. The lowest BCUT2D eigenvalue weighted by Gasteiger charge is -2.21. The number of alkyl halides is 3. The number of hydrogen-bond donors (Lipinski definition) is 1. The van der Waals surface area contributed by atoms with Crippen molar-refractivity contribution in [1.82, 2.24) is 4.90 Å². The molecule has 1 saturated heterocycles. The standard InChI is InChI=1S/C20H19F3N2O2/c21-20(22,23)15-4-1-13(2-5-15)14-3-6-18-17(11-14)19(24-8-10-27-18)25-9-7-16(26)12-25/h1-6,11,16,26H,7-10,12H2. The molecule has 1 atom stereocenters. The number of rotatable bonds is 1. The van der Waals surface area contributed by atoms with Crippen LogP contribution in [0.15, 0.2) is 47.5 Å². The summed E-state index contributed by atoms with van der Waals surface area (Å²) in [4.78, 5) is 6.66. The van der Waals surface area contributed by atoms with Crippen LogP contribution in [0.1, 0.15) is 17.5 Å². The lowest BCUT2D eigenvalue weighted by atomic mass is 10.00. The first kappa shape index (κ1) is 17.9. The van der Waals surface area contributed by atoms with E-state index >= 15 is 0 Å². The second kappa shape index (κ2) is 6.88. The Morgan fingerprint density at radius 2 is 1.81 bits per heavy atom. The van der Waals surface area contributed by atoms with Crippen molar-refractivity contribution in [3.8, 4) is 16.9 Å². The average Bonchev–Trinajstić information content (AvgIpc) is 2.96. The molecule has 0 saturated carbocycles. The molecule has 4 rings (SSSR count). The first-order chi connectivity index (χ1) is 12.9. The van der Waals surface area contributed by atoms with E-state index in [1.807, 2.05) is 23.1 Å². The van der Waals surface area contributed by atoms with Crippen molar-refractivity contribution in [3.05, 3.63) is 53.6 Å². The van der Waals surface area contributed by atoms with E-state index in [4.69, 9.17) is 4.74 Å². The molecule has 2 aliphatic heterocycles. The van der Waals surface area contributed by atoms with E-state index in [1.54, 1.807) is 0 Å². The topological polar surface area (TPSA) is 45.1 Å². The van der Waals surface area contributed by atoms with Gasteiger partial charge in [0, 0.05) is 13.1 Å². The molecule has 0 radical (unpaired) electrons. The summed E-state index contributed by atoms with van der Waals surface area (Å²) in [6, 6.07) is 10.7. The Morgan fingerprint density at radius 1 is 1.07 bits per heavy atom. The SMILES string of the molecule is OC1CCN(C2=NCCOc3ccc(-c4ccc(C(F)(F)F)cc4)cc32)C1. The molecule has 2 aromatic rings. The zero-order valence-electron chi connectivity index (χ0n) is 14.5. The van der Waals surface area contributed by atoms with Gasteiger partial charge < -0.3 is 14.7 Å². The molecule has 7 heteroatoms. The fraction of sp³-hybridized carbons (Fsp3) is 0.350. The van der Waals surface area contributed by atoms with Gasteiger partial charge in [0.25, 0.3) is 0 Å². The van der Waals surface area contributed by atoms with Crippen LogP contribution in [0.5, 0.6) is 5.75 Å². The molecule has 0 spiro atoms. The average molecular weight is 376 g/mol. The van der Waals surface area contributed by atoms with Crippen LogP contribution in [0, 0.1) is 0 Å². The van der Waals surface area contributed by atoms with Gasteiger partial charge in [0.05, 0.1) is 23.8 Å². The van der Waals surface area contributed by atoms with E-state index in [-0.39, 0.29) is 6.10 Å². The molecule has 1 N–H and O–H groups in total. The van der Waals surface area contributed by atoms with Gasteiger partial charge in [0.1, 0.15) is 18.2 Å². The summed E-state index contributed by atoms with van der Waals surface area (Å²) < 4.78 is 44.1. The number of aliphatic hydroxyl groups excluding tert-OH is 1. The molecular formula is C20H19F3N2O2. The van der Waals surface area contributed by atoms with Gasteiger partial charge in [-0.15, -0.1) is 0 Å². The van der Waals surface area contributed by atoms with Gasteiger partial charge >= 0.3 is 6.18 Å². The number of hydrogen-bond acceptors (Lipinski definition) is 4. The molecule has 0 amide bonds. The molecule has 2 aromatic carbocycles. The number of amidine groups is 1. The fourth-order valence-corrected chi connectivity index (χ4v) is 3.46. The first-order valence-electron chi connectivity index (χ1n) is 8.84. The van der Waals surface area contributed by atoms with Crippen LogP contribution in [0.4, 0.5) is 13.2 Å². The molecule has 1 fully saturated rings. The fourth-order valence-electron chi connectivity index (χ4n) is 3.46. The number of β-amino-alcohol motifs (C(OH)–C–C–N with tert-alkyl or cyclic N) is 1. The number of nitrogens with zero attached hydrogens (tertiary/aromatic N) is 2. The van der Waals surface area contributed by atoms with Crippen LogP contribution in [0.2, 0.25) is 0 Å². The van der Waals surface area contributed by atoms with Gasteiger partial charge in [-0.25, -0.2) is 0 Å². The third-order valence-corrected chi connectivity index (χ3v) is 4.84. The van der Waals surface area contributed by atoms with Gasteiger partial charge in [-0.05, 0) is 41.8 Å². The Kier molecular flexibility index (Phi) is 4.55. The lowest BCUT2D eigenvalue weighted by Crippen LogP contribution is -2.30. The molecule has 2 aliphatic rings. The van der Waals surface area contributed by atoms with E-state index in [1.165, 1.54) is 12.1 Å². The van der Waals surface area contributed by atoms with Crippen LogP contribution in [-0.4, -0.2) is 48.2 Å². The van der Waals surface area contributed by atoms with Gasteiger partial charge in [-0.3, -0.25) is 4.99 Å². The molecule has 0 bridgehead atoms. The number of likely N-dealkylation sites (tertiary alicyclic amines) is 1. The first-order valence-corrected chi connectivity index (χ1v) is 8.84. The Bertz CT molecular complexity index is 863. The summed E-state index contributed by atoms with van der Waals surface area (Å²) in [6.07, 6.45) is -4.04. The van der Waals surface area contributed by atoms with Gasteiger partial charge in [0.15, 0.2) is 0 Å². The minimum absolute atomic E-state index is 0.376. The predicted molar refractivity (Wildman–Crippen MR) is 96.0 cm³/mol. The lowest BCUT2D eigenvalue weighted by molar-refractivity contribution is -0.137. The molecular weight excluding hydrogens is 357 g/mol. The maximum Gasteiger partial charge on any atom is 0.416 e. The number of ether oxygens (including phenoxy) is 1. The number of halogens is 3. The van der Waals surface area contributed by atoms with Crippen LogP contribution < -0.4 is 4.74 Å². The van der Waals surface area contributed by atoms with Crippen molar-refractivity contribution in [2.24, 2.45) is 4.99 Å². The molecule has 142 valence electrons. The monoisotopic (exact) mass is 376 g/mol. The summed E-state index contributed by atoms with van der Waals surface area (Å²) in [5.41, 5.74) is 1.62. The number of aliphatic imine (C=N–C) groups is 1. The van der Waals surface area contributed by atoms with Gasteiger partial charge in [-0.1, -0.05) is 18.2 Å². The van der Waals surface area contributed by atoms with Crippen LogP contribution in [0.3, 0.4) is 0 Å². The van der Waals surface area contributed by atoms with Crippen molar-refractivity contribution < 1.29 is 23.0 Å². The van der Waals surface area contributed by atoms with Crippen molar-refractivity contribution in [3.63, 3.8) is 0 Å². The zero-order valence-corrected chi connectivity index (χ0v) is 14.5. The minimum atomic E-state index is -4.35. The van der Waals surface area contributed by atoms with Crippen LogP contribution in [-0.2, 0) is 6.18 Å². The molecule has 0 aliphatic carbocycles. The van der Waals surface area contributed by atoms with Crippen molar-refractivity contribution in [2.75, 3.05) is 26.2 Å². The van der Waals surface area contributed by atoms with Crippen LogP contribution >= 0.6 is 0 Å². The number of aliphatic hydroxyl groups is 1. The van der Waals surface area contributed by atoms with E-state index in [0.717, 1.165) is 29.1 Å². The summed E-state index contributed by atoms with van der Waals surface area (Å²) in [5.74, 6) is 1.47. The van der Waals surface area contributed by atoms with Crippen molar-refractivity contribution >= 4 is 5.84 Å². The number of fused-ring (bicyclic) bond motifs is 1. The molecule has 27 heavy (non-hydrogen) atoms. The Balaban J connectivity index is 1.70. The third-order valence-electron chi connectivity index (χ3n) is 4.84. The summed E-state index contributed by atoms with van der Waals surface area (Å²) >= 11 is 0. The maximum absolute atomic E-state index is 12.8. The maximum atomic E-state index is 12.8. The quantitative estimate of drug-likeness (QED) is 0.828. The highest BCUT2D eigenvalue weighted by Gasteiger charge is 2.30. The summed E-state index contributed by atoms with van der Waals surface area (Å²) in [6.45, 7) is 2.21. The van der Waals surface area contributed by atoms with E-state index in [9.17, 15) is 18.3 Å². The summed E-state index contributed by atoms with van der Waals surface area (Å²) in [7, 11) is 0. The largest absolute Gasteiger partial charge is 0.491 e. The minimum Gasteiger partial charge on any atom is -0.491 e. The molecule has 2 heterocycles. The van der Waals surface area contributed by atoms with Crippen molar-refractivity contribution in [1.29, 1.82) is 0 Å². The number of benzene rings is 2. The van der Waals surface area contributed by atoms with Gasteiger partial charge in [0.2, 0.25) is 0 Å². The highest BCUT2D eigenvalue weighted by Crippen LogP contribution is 2.33. The Labute approximate surface area is 154 Å². The highest BCUT2D eigenvalue weighted by molar-refractivity contribution is 6.02. The molecule has 1 unspecified atom stereocenters. The highest BCUT2D eigenvalue weighted by atomic mass is 19.4. The van der Waals surface area contributed by atoms with Gasteiger partial charge in [-0.2, -0.15) is 13.2 Å². The normalized spacial score (nSPS) is 19.9. The second-order valence-corrected chi connectivity index (χ2v) is 6.73. The Morgan fingerprint density at radius 3 is 2.48 bits per heavy atom. The van der Waals surface area contributed by atoms with Crippen molar-refractivity contribution in [2.45, 2.75) is 18.7 Å². The van der Waals surface area contributed by atoms with Crippen LogP contribution in [0.25, 0.3) is 11.1 Å². The van der Waals surface area contributed by atoms with E-state index in [2.05, 4.69) is 4.99 Å². The molecule has 4 nitrogen and oxygen atoms in total. The van der Waals surface area contributed by atoms with E-state index in [0.29, 0.717) is 44.0 Å². The molecule has 0 aromatic heterocycles. The zero-order chi connectivity index (χ0) is 19.0. The second-order valence-electron chi connectivity index (χ2n) is 6.73. The smallest absolute Gasteiger partial charge is 0.416 e. The Hall–Kier alpha value is -2.54. The van der Waals surface area contributed by atoms with E-state index < -0.39 is 11.7 Å².